The summed E-state index contributed by atoms with van der Waals surface area (Å²) < 4.78 is 32.0. The van der Waals surface area contributed by atoms with E-state index in [-0.39, 0.29) is 30.7 Å². The maximum absolute atomic E-state index is 13.5. The molecule has 23 heavy (non-hydrogen) atoms. The topological polar surface area (TPSA) is 49.8 Å². The first-order valence-corrected chi connectivity index (χ1v) is 7.60. The van der Waals surface area contributed by atoms with E-state index in [1.54, 1.807) is 0 Å². The summed E-state index contributed by atoms with van der Waals surface area (Å²) in [5, 5.41) is 8.58. The largest absolute Gasteiger partial charge is 0.487 e. The molecule has 1 saturated heterocycles. The second-order valence-electron chi connectivity index (χ2n) is 5.58. The normalized spacial score (nSPS) is 15.9. The molecule has 130 valence electrons. The third-order valence-electron chi connectivity index (χ3n) is 3.84. The lowest BCUT2D eigenvalue weighted by Crippen LogP contribution is -2.38. The summed E-state index contributed by atoms with van der Waals surface area (Å²) in [6.07, 6.45) is 3.28. The predicted molar refractivity (Wildman–Crippen MR) is 85.2 cm³/mol. The van der Waals surface area contributed by atoms with Gasteiger partial charge < -0.3 is 14.7 Å². The summed E-state index contributed by atoms with van der Waals surface area (Å²) in [5.41, 5.74) is 0. The van der Waals surface area contributed by atoms with Crippen molar-refractivity contribution in [3.05, 3.63) is 29.8 Å². The van der Waals surface area contributed by atoms with Gasteiger partial charge in [-0.05, 0) is 44.4 Å². The number of ether oxygens (including phenoxy) is 1. The molecule has 0 radical (unpaired) electrons. The zero-order valence-electron chi connectivity index (χ0n) is 12.8. The number of nitrogens with zero attached hydrogens (tertiary/aromatic N) is 1. The van der Waals surface area contributed by atoms with Crippen LogP contribution in [-0.2, 0) is 4.79 Å². The van der Waals surface area contributed by atoms with Gasteiger partial charge >= 0.3 is 5.97 Å². The maximum Gasteiger partial charge on any atom is 0.303 e. The Morgan fingerprint density at radius 1 is 1.26 bits per heavy atom. The fraction of sp³-hybridized carbons (Fsp3) is 0.562. The van der Waals surface area contributed by atoms with E-state index in [0.29, 0.717) is 6.42 Å². The molecule has 0 saturated carbocycles. The first-order valence-electron chi connectivity index (χ1n) is 7.60. The van der Waals surface area contributed by atoms with Crippen LogP contribution in [0.15, 0.2) is 18.2 Å². The lowest BCUT2D eigenvalue weighted by atomic mass is 10.1. The van der Waals surface area contributed by atoms with E-state index in [1.165, 1.54) is 12.1 Å². The van der Waals surface area contributed by atoms with Crippen molar-refractivity contribution in [2.45, 2.75) is 38.2 Å². The Kier molecular flexibility index (Phi) is 8.26. The molecule has 0 unspecified atom stereocenters. The minimum absolute atomic E-state index is 0. The van der Waals surface area contributed by atoms with E-state index >= 15 is 0 Å². The quantitative estimate of drug-likeness (QED) is 0.766. The Balaban J connectivity index is 0.00000264. The Morgan fingerprint density at radius 2 is 1.96 bits per heavy atom. The van der Waals surface area contributed by atoms with Gasteiger partial charge in [0.1, 0.15) is 11.9 Å². The van der Waals surface area contributed by atoms with Crippen molar-refractivity contribution in [2.24, 2.45) is 0 Å². The van der Waals surface area contributed by atoms with Crippen LogP contribution >= 0.6 is 12.4 Å². The highest BCUT2D eigenvalue weighted by Gasteiger charge is 2.21. The number of benzene rings is 1. The number of likely N-dealkylation sites (tertiary alicyclic amines) is 1. The van der Waals surface area contributed by atoms with Crippen molar-refractivity contribution in [2.75, 3.05) is 19.6 Å². The highest BCUT2D eigenvalue weighted by molar-refractivity contribution is 5.85. The fourth-order valence-electron chi connectivity index (χ4n) is 2.61. The van der Waals surface area contributed by atoms with E-state index in [4.69, 9.17) is 9.84 Å². The molecule has 0 aliphatic carbocycles. The standard InChI is InChI=1S/C16H21F2NO3.ClH/c17-12-4-5-15(14(18)11-12)22-13-6-9-19(10-7-13)8-2-1-3-16(20)21;/h4-5,11,13H,1-3,6-10H2,(H,20,21);1H. The molecule has 0 aromatic heterocycles. The van der Waals surface area contributed by atoms with Crippen molar-refractivity contribution >= 4 is 18.4 Å². The van der Waals surface area contributed by atoms with Crippen LogP contribution in [0.5, 0.6) is 5.75 Å². The average Bonchev–Trinajstić information content (AvgIpc) is 2.48. The zero-order chi connectivity index (χ0) is 15.9. The molecule has 7 heteroatoms. The lowest BCUT2D eigenvalue weighted by molar-refractivity contribution is -0.137. The number of aliphatic carboxylic acids is 1. The summed E-state index contributed by atoms with van der Waals surface area (Å²) in [5.74, 6) is -1.94. The molecule has 0 amide bonds. The van der Waals surface area contributed by atoms with Gasteiger partial charge in [-0.1, -0.05) is 0 Å². The van der Waals surface area contributed by atoms with Gasteiger partial charge in [0.25, 0.3) is 0 Å². The number of hydrogen-bond acceptors (Lipinski definition) is 3. The van der Waals surface area contributed by atoms with Crippen molar-refractivity contribution < 1.29 is 23.4 Å². The Labute approximate surface area is 140 Å². The SMILES string of the molecule is Cl.O=C(O)CCCCN1CCC(Oc2ccc(F)cc2F)CC1. The van der Waals surface area contributed by atoms with E-state index < -0.39 is 17.6 Å². The van der Waals surface area contributed by atoms with Gasteiger partial charge in [0.05, 0.1) is 0 Å². The van der Waals surface area contributed by atoms with Crippen LogP contribution in [0, 0.1) is 11.6 Å². The number of unbranched alkanes of at least 4 members (excludes halogenated alkanes) is 1. The van der Waals surface area contributed by atoms with Crippen LogP contribution in [-0.4, -0.2) is 41.7 Å². The molecule has 4 nitrogen and oxygen atoms in total. The second kappa shape index (κ2) is 9.67. The molecule has 1 aliphatic rings. The molecule has 0 atom stereocenters. The minimum atomic E-state index is -0.756. The van der Waals surface area contributed by atoms with Gasteiger partial charge in [-0.3, -0.25) is 4.79 Å². The summed E-state index contributed by atoms with van der Waals surface area (Å²) in [6, 6.07) is 3.34. The molecule has 1 aliphatic heterocycles. The van der Waals surface area contributed by atoms with Crippen LogP contribution in [0.1, 0.15) is 32.1 Å². The summed E-state index contributed by atoms with van der Waals surface area (Å²) in [6.45, 7) is 2.58. The van der Waals surface area contributed by atoms with Gasteiger partial charge in [-0.15, -0.1) is 12.4 Å². The van der Waals surface area contributed by atoms with Gasteiger partial charge in [0.2, 0.25) is 0 Å². The molecular weight excluding hydrogens is 328 g/mol. The maximum atomic E-state index is 13.5. The molecule has 1 heterocycles. The molecular formula is C16H22ClF2NO3. The summed E-state index contributed by atoms with van der Waals surface area (Å²) >= 11 is 0. The molecule has 1 aromatic rings. The molecule has 1 fully saturated rings. The fourth-order valence-corrected chi connectivity index (χ4v) is 2.61. The first-order chi connectivity index (χ1) is 10.5. The highest BCUT2D eigenvalue weighted by Crippen LogP contribution is 2.23. The van der Waals surface area contributed by atoms with Crippen LogP contribution in [0.3, 0.4) is 0 Å². The smallest absolute Gasteiger partial charge is 0.303 e. The predicted octanol–water partition coefficient (Wildman–Crippen LogP) is 3.48. The number of hydrogen-bond donors (Lipinski definition) is 1. The highest BCUT2D eigenvalue weighted by atomic mass is 35.5. The number of piperidine rings is 1. The second-order valence-corrected chi connectivity index (χ2v) is 5.58. The van der Waals surface area contributed by atoms with E-state index in [2.05, 4.69) is 4.90 Å². The number of carboxylic acid groups (broad SMARTS) is 1. The molecule has 0 spiro atoms. The van der Waals surface area contributed by atoms with E-state index in [1.807, 2.05) is 0 Å². The van der Waals surface area contributed by atoms with E-state index in [0.717, 1.165) is 45.0 Å². The van der Waals surface area contributed by atoms with Crippen molar-refractivity contribution in [3.8, 4) is 5.75 Å². The molecule has 1 aromatic carbocycles. The van der Waals surface area contributed by atoms with Crippen molar-refractivity contribution in [3.63, 3.8) is 0 Å². The van der Waals surface area contributed by atoms with Gasteiger partial charge in [0.15, 0.2) is 11.6 Å². The number of rotatable bonds is 7. The molecule has 0 bridgehead atoms. The van der Waals surface area contributed by atoms with Crippen LogP contribution < -0.4 is 4.74 Å². The Morgan fingerprint density at radius 3 is 2.57 bits per heavy atom. The minimum Gasteiger partial charge on any atom is -0.487 e. The first kappa shape index (κ1) is 19.6. The summed E-state index contributed by atoms with van der Waals surface area (Å²) in [4.78, 5) is 12.7. The van der Waals surface area contributed by atoms with Crippen LogP contribution in [0.4, 0.5) is 8.78 Å². The Hall–Kier alpha value is -1.40. The average molecular weight is 350 g/mol. The van der Waals surface area contributed by atoms with Crippen molar-refractivity contribution in [1.82, 2.24) is 4.90 Å². The third kappa shape index (κ3) is 6.71. The number of carbonyl (C=O) groups is 1. The van der Waals surface area contributed by atoms with Crippen LogP contribution in [0.2, 0.25) is 0 Å². The molecule has 2 rings (SSSR count). The molecule has 1 N–H and O–H groups in total. The number of halogens is 3. The van der Waals surface area contributed by atoms with Crippen LogP contribution in [0.25, 0.3) is 0 Å². The monoisotopic (exact) mass is 349 g/mol. The number of carboxylic acids is 1. The zero-order valence-corrected chi connectivity index (χ0v) is 13.7. The third-order valence-corrected chi connectivity index (χ3v) is 3.84. The van der Waals surface area contributed by atoms with Gasteiger partial charge in [0, 0.05) is 25.6 Å². The van der Waals surface area contributed by atoms with Gasteiger partial charge in [-0.2, -0.15) is 0 Å². The van der Waals surface area contributed by atoms with Gasteiger partial charge in [-0.25, -0.2) is 8.78 Å². The summed E-state index contributed by atoms with van der Waals surface area (Å²) in [7, 11) is 0. The lowest BCUT2D eigenvalue weighted by Gasteiger charge is -2.32. The van der Waals surface area contributed by atoms with E-state index in [9.17, 15) is 13.6 Å². The Bertz CT molecular complexity index is 508. The van der Waals surface area contributed by atoms with Crippen molar-refractivity contribution in [1.29, 1.82) is 0 Å².